The quantitative estimate of drug-likeness (QED) is 0.650. The minimum atomic E-state index is -4.43. The van der Waals surface area contributed by atoms with Crippen molar-refractivity contribution in [3.05, 3.63) is 47.5 Å². The molecule has 1 fully saturated rings. The average molecular weight is 448 g/mol. The van der Waals surface area contributed by atoms with Crippen LogP contribution in [-0.2, 0) is 17.5 Å². The molecule has 32 heavy (non-hydrogen) atoms. The SMILES string of the molecule is O=C1COc2c(cccc2NC(=O)NCc2ccc(C(F)(F)F)cc2N2CCCCC2)N1. The maximum Gasteiger partial charge on any atom is 0.416 e. The number of piperidine rings is 1. The zero-order valence-corrected chi connectivity index (χ0v) is 17.2. The van der Waals surface area contributed by atoms with E-state index in [0.717, 1.165) is 31.4 Å². The van der Waals surface area contributed by atoms with E-state index in [9.17, 15) is 22.8 Å². The number of para-hydroxylation sites is 1. The highest BCUT2D eigenvalue weighted by atomic mass is 19.4. The van der Waals surface area contributed by atoms with Crippen molar-refractivity contribution in [3.63, 3.8) is 0 Å². The number of amides is 3. The fraction of sp³-hybridized carbons (Fsp3) is 0.364. The zero-order chi connectivity index (χ0) is 22.7. The Morgan fingerprint density at radius 3 is 2.66 bits per heavy atom. The number of ether oxygens (including phenoxy) is 1. The predicted octanol–water partition coefficient (Wildman–Crippen LogP) is 4.35. The second-order valence-corrected chi connectivity index (χ2v) is 7.72. The smallest absolute Gasteiger partial charge is 0.416 e. The molecule has 2 aliphatic heterocycles. The number of nitrogens with one attached hydrogen (secondary N) is 3. The van der Waals surface area contributed by atoms with Gasteiger partial charge in [-0.05, 0) is 49.1 Å². The van der Waals surface area contributed by atoms with E-state index < -0.39 is 17.8 Å². The van der Waals surface area contributed by atoms with E-state index >= 15 is 0 Å². The highest BCUT2D eigenvalue weighted by Crippen LogP contribution is 2.36. The van der Waals surface area contributed by atoms with E-state index in [1.807, 2.05) is 4.90 Å². The maximum atomic E-state index is 13.2. The zero-order valence-electron chi connectivity index (χ0n) is 17.2. The topological polar surface area (TPSA) is 82.7 Å². The van der Waals surface area contributed by atoms with Crippen molar-refractivity contribution in [2.24, 2.45) is 0 Å². The number of hydrogen-bond donors (Lipinski definition) is 3. The number of rotatable bonds is 4. The normalized spacial score (nSPS) is 16.0. The van der Waals surface area contributed by atoms with E-state index in [1.54, 1.807) is 18.2 Å². The van der Waals surface area contributed by atoms with Gasteiger partial charge in [-0.3, -0.25) is 4.79 Å². The van der Waals surface area contributed by atoms with Crippen molar-refractivity contribution in [1.82, 2.24) is 5.32 Å². The lowest BCUT2D eigenvalue weighted by Gasteiger charge is -2.31. The molecule has 0 spiro atoms. The van der Waals surface area contributed by atoms with Crippen LogP contribution in [0.1, 0.15) is 30.4 Å². The van der Waals surface area contributed by atoms with Crippen molar-refractivity contribution in [1.29, 1.82) is 0 Å². The van der Waals surface area contributed by atoms with Crippen LogP contribution in [-0.4, -0.2) is 31.6 Å². The second-order valence-electron chi connectivity index (χ2n) is 7.72. The maximum absolute atomic E-state index is 13.2. The lowest BCUT2D eigenvalue weighted by Crippen LogP contribution is -2.33. The number of anilines is 3. The van der Waals surface area contributed by atoms with Gasteiger partial charge in [-0.25, -0.2) is 4.79 Å². The molecule has 0 radical (unpaired) electrons. The Bertz CT molecular complexity index is 1020. The van der Waals surface area contributed by atoms with Crippen LogP contribution >= 0.6 is 0 Å². The van der Waals surface area contributed by atoms with E-state index in [0.29, 0.717) is 41.5 Å². The minimum absolute atomic E-state index is 0.0580. The Morgan fingerprint density at radius 2 is 1.91 bits per heavy atom. The van der Waals surface area contributed by atoms with Gasteiger partial charge in [0.15, 0.2) is 12.4 Å². The Labute approximate surface area is 182 Å². The summed E-state index contributed by atoms with van der Waals surface area (Å²) in [6.45, 7) is 1.26. The first kappa shape index (κ1) is 21.8. The number of carbonyl (C=O) groups is 2. The molecule has 0 atom stereocenters. The van der Waals surface area contributed by atoms with Gasteiger partial charge in [-0.2, -0.15) is 13.2 Å². The molecule has 2 aromatic rings. The van der Waals surface area contributed by atoms with Crippen molar-refractivity contribution in [2.75, 3.05) is 35.2 Å². The Morgan fingerprint density at radius 1 is 1.12 bits per heavy atom. The first-order valence-electron chi connectivity index (χ1n) is 10.4. The Kier molecular flexibility index (Phi) is 6.11. The van der Waals surface area contributed by atoms with Gasteiger partial charge in [0.05, 0.1) is 16.9 Å². The molecule has 4 rings (SSSR count). The van der Waals surface area contributed by atoms with Gasteiger partial charge >= 0.3 is 12.2 Å². The summed E-state index contributed by atoms with van der Waals surface area (Å²) >= 11 is 0. The predicted molar refractivity (Wildman–Crippen MR) is 114 cm³/mol. The van der Waals surface area contributed by atoms with Crippen molar-refractivity contribution in [2.45, 2.75) is 32.0 Å². The number of hydrogen-bond acceptors (Lipinski definition) is 4. The summed E-state index contributed by atoms with van der Waals surface area (Å²) in [6, 6.07) is 8.01. The van der Waals surface area contributed by atoms with Gasteiger partial charge in [0.2, 0.25) is 0 Å². The molecule has 2 aromatic carbocycles. The minimum Gasteiger partial charge on any atom is -0.479 e. The third kappa shape index (κ3) is 4.90. The second kappa shape index (κ2) is 8.97. The highest BCUT2D eigenvalue weighted by molar-refractivity contribution is 5.99. The third-order valence-electron chi connectivity index (χ3n) is 5.43. The standard InChI is InChI=1S/C22H23F3N4O3/c23-22(24,25)15-8-7-14(18(11-15)29-9-2-1-3-10-29)12-26-21(31)28-17-6-4-5-16-20(17)32-13-19(30)27-16/h4-8,11H,1-3,9-10,12-13H2,(H,27,30)(H2,26,28,31). The van der Waals surface area contributed by atoms with Crippen molar-refractivity contribution in [3.8, 4) is 5.75 Å². The molecule has 0 aliphatic carbocycles. The van der Waals surface area contributed by atoms with Gasteiger partial charge in [0.1, 0.15) is 0 Å². The molecule has 3 amide bonds. The number of carbonyl (C=O) groups excluding carboxylic acids is 2. The summed E-state index contributed by atoms with van der Waals surface area (Å²) < 4.78 is 45.2. The molecule has 0 bridgehead atoms. The van der Waals surface area contributed by atoms with Crippen LogP contribution in [0.25, 0.3) is 0 Å². The summed E-state index contributed by atoms with van der Waals surface area (Å²) in [5, 5.41) is 8.03. The number of benzene rings is 2. The molecule has 1 saturated heterocycles. The first-order chi connectivity index (χ1) is 15.3. The summed E-state index contributed by atoms with van der Waals surface area (Å²) in [4.78, 5) is 25.9. The number of nitrogens with zero attached hydrogens (tertiary/aromatic N) is 1. The lowest BCUT2D eigenvalue weighted by atomic mass is 10.0. The van der Waals surface area contributed by atoms with Crippen LogP contribution in [0.5, 0.6) is 5.75 Å². The Hall–Kier alpha value is -3.43. The molecular weight excluding hydrogens is 425 g/mol. The number of fused-ring (bicyclic) bond motifs is 1. The number of alkyl halides is 3. The van der Waals surface area contributed by atoms with Crippen LogP contribution in [0.3, 0.4) is 0 Å². The molecule has 10 heteroatoms. The lowest BCUT2D eigenvalue weighted by molar-refractivity contribution is -0.137. The molecular formula is C22H23F3N4O3. The largest absolute Gasteiger partial charge is 0.479 e. The number of urea groups is 1. The van der Waals surface area contributed by atoms with Gasteiger partial charge < -0.3 is 25.6 Å². The average Bonchev–Trinajstić information content (AvgIpc) is 2.77. The van der Waals surface area contributed by atoms with Crippen LogP contribution < -0.4 is 25.6 Å². The summed E-state index contributed by atoms with van der Waals surface area (Å²) in [7, 11) is 0. The van der Waals surface area contributed by atoms with Crippen LogP contribution in [0.15, 0.2) is 36.4 Å². The summed E-state index contributed by atoms with van der Waals surface area (Å²) in [6.07, 6.45) is -1.55. The molecule has 3 N–H and O–H groups in total. The van der Waals surface area contributed by atoms with Gasteiger partial charge in [0, 0.05) is 25.3 Å². The first-order valence-corrected chi connectivity index (χ1v) is 10.4. The van der Waals surface area contributed by atoms with Gasteiger partial charge in [-0.1, -0.05) is 12.1 Å². The van der Waals surface area contributed by atoms with Crippen LogP contribution in [0.4, 0.5) is 35.0 Å². The molecule has 7 nitrogen and oxygen atoms in total. The molecule has 2 aliphatic rings. The third-order valence-corrected chi connectivity index (χ3v) is 5.43. The molecule has 0 aromatic heterocycles. The molecule has 0 saturated carbocycles. The fourth-order valence-corrected chi connectivity index (χ4v) is 3.87. The Balaban J connectivity index is 1.48. The molecule has 2 heterocycles. The van der Waals surface area contributed by atoms with Crippen LogP contribution in [0.2, 0.25) is 0 Å². The van der Waals surface area contributed by atoms with Crippen molar-refractivity contribution < 1.29 is 27.5 Å². The van der Waals surface area contributed by atoms with E-state index in [2.05, 4.69) is 16.0 Å². The molecule has 170 valence electrons. The molecule has 0 unspecified atom stereocenters. The summed E-state index contributed by atoms with van der Waals surface area (Å²) in [5.41, 5.74) is 1.22. The highest BCUT2D eigenvalue weighted by Gasteiger charge is 2.32. The number of halogens is 3. The monoisotopic (exact) mass is 448 g/mol. The van der Waals surface area contributed by atoms with E-state index in [-0.39, 0.29) is 19.1 Å². The van der Waals surface area contributed by atoms with Gasteiger partial charge in [-0.15, -0.1) is 0 Å². The van der Waals surface area contributed by atoms with Crippen molar-refractivity contribution >= 4 is 29.0 Å². The van der Waals surface area contributed by atoms with E-state index in [4.69, 9.17) is 4.74 Å². The van der Waals surface area contributed by atoms with Gasteiger partial charge in [0.25, 0.3) is 5.91 Å². The summed E-state index contributed by atoms with van der Waals surface area (Å²) in [5.74, 6) is 0.0671. The van der Waals surface area contributed by atoms with Crippen LogP contribution in [0, 0.1) is 0 Å². The van der Waals surface area contributed by atoms with E-state index in [1.165, 1.54) is 6.07 Å². The fourth-order valence-electron chi connectivity index (χ4n) is 3.87.